The Balaban J connectivity index is 1.56. The van der Waals surface area contributed by atoms with E-state index in [-0.39, 0.29) is 18.4 Å². The van der Waals surface area contributed by atoms with Crippen molar-refractivity contribution in [3.63, 3.8) is 0 Å². The van der Waals surface area contributed by atoms with Gasteiger partial charge in [0.05, 0.1) is 25.4 Å². The Labute approximate surface area is 180 Å². The molecule has 0 bridgehead atoms. The Kier molecular flexibility index (Phi) is 4.92. The van der Waals surface area contributed by atoms with Crippen molar-refractivity contribution in [1.82, 2.24) is 4.90 Å². The van der Waals surface area contributed by atoms with E-state index in [4.69, 9.17) is 9.57 Å². The quantitative estimate of drug-likeness (QED) is 0.596. The van der Waals surface area contributed by atoms with E-state index in [0.717, 1.165) is 16.8 Å². The molecular weight excluding hydrogens is 392 g/mol. The lowest BCUT2D eigenvalue weighted by atomic mass is 9.90. The fourth-order valence-electron chi connectivity index (χ4n) is 4.42. The summed E-state index contributed by atoms with van der Waals surface area (Å²) < 4.78 is 5.58. The number of rotatable bonds is 5. The van der Waals surface area contributed by atoms with E-state index in [0.29, 0.717) is 5.75 Å². The smallest absolute Gasteiger partial charge is 0.262 e. The largest absolute Gasteiger partial charge is 0.496 e. The second kappa shape index (κ2) is 7.89. The van der Waals surface area contributed by atoms with E-state index in [9.17, 15) is 9.59 Å². The van der Waals surface area contributed by atoms with Crippen LogP contribution in [0.4, 0.5) is 5.69 Å². The first-order chi connectivity index (χ1) is 15.2. The van der Waals surface area contributed by atoms with Crippen molar-refractivity contribution in [3.8, 4) is 5.75 Å². The highest BCUT2D eigenvalue weighted by Crippen LogP contribution is 2.48. The van der Waals surface area contributed by atoms with E-state index in [1.54, 1.807) is 12.2 Å². The van der Waals surface area contributed by atoms with Crippen LogP contribution in [-0.4, -0.2) is 29.9 Å². The lowest BCUT2D eigenvalue weighted by molar-refractivity contribution is -0.143. The van der Waals surface area contributed by atoms with Crippen LogP contribution in [0.5, 0.6) is 5.75 Å². The first-order valence-electron chi connectivity index (χ1n) is 10.2. The molecule has 0 aromatic heterocycles. The zero-order valence-electron chi connectivity index (χ0n) is 17.0. The average Bonchev–Trinajstić information content (AvgIpc) is 3.32. The van der Waals surface area contributed by atoms with Gasteiger partial charge in [0, 0.05) is 5.56 Å². The molecule has 6 heteroatoms. The minimum atomic E-state index is -0.869. The maximum atomic E-state index is 13.5. The highest BCUT2D eigenvalue weighted by atomic mass is 16.7. The predicted molar refractivity (Wildman–Crippen MR) is 115 cm³/mol. The topological polar surface area (TPSA) is 59.1 Å². The number of carbonyl (C=O) groups is 2. The summed E-state index contributed by atoms with van der Waals surface area (Å²) in [5.41, 5.74) is 2.49. The molecule has 0 aliphatic carbocycles. The molecule has 0 radical (unpaired) electrons. The van der Waals surface area contributed by atoms with E-state index in [1.165, 1.54) is 4.90 Å². The van der Waals surface area contributed by atoms with E-state index >= 15 is 0 Å². The third-order valence-corrected chi connectivity index (χ3v) is 5.86. The number of nitrogens with zero attached hydrogens (tertiary/aromatic N) is 2. The SMILES string of the molecule is COc1ccccc1C1C2C(=O)N(Cc3ccccc3)C(=O)C2ON1c1ccccc1. The summed E-state index contributed by atoms with van der Waals surface area (Å²) in [5, 5.41) is 1.68. The first-order valence-corrected chi connectivity index (χ1v) is 10.2. The molecule has 2 amide bonds. The van der Waals surface area contributed by atoms with Crippen LogP contribution in [0.25, 0.3) is 0 Å². The molecule has 156 valence electrons. The third-order valence-electron chi connectivity index (χ3n) is 5.86. The van der Waals surface area contributed by atoms with Gasteiger partial charge in [0.2, 0.25) is 5.91 Å². The van der Waals surface area contributed by atoms with Crippen molar-refractivity contribution < 1.29 is 19.2 Å². The van der Waals surface area contributed by atoms with Gasteiger partial charge in [-0.1, -0.05) is 66.7 Å². The van der Waals surface area contributed by atoms with Crippen LogP contribution >= 0.6 is 0 Å². The van der Waals surface area contributed by atoms with Gasteiger partial charge in [0.1, 0.15) is 11.7 Å². The summed E-state index contributed by atoms with van der Waals surface area (Å²) in [7, 11) is 1.60. The molecule has 2 saturated heterocycles. The van der Waals surface area contributed by atoms with Crippen molar-refractivity contribution in [2.24, 2.45) is 5.92 Å². The van der Waals surface area contributed by atoms with Gasteiger partial charge in [-0.15, -0.1) is 0 Å². The maximum absolute atomic E-state index is 13.5. The number of imide groups is 1. The molecule has 0 saturated carbocycles. The maximum Gasteiger partial charge on any atom is 0.262 e. The summed E-state index contributed by atoms with van der Waals surface area (Å²) in [4.78, 5) is 34.2. The van der Waals surface area contributed by atoms with E-state index in [1.807, 2.05) is 84.9 Å². The minimum Gasteiger partial charge on any atom is -0.496 e. The molecular formula is C25H22N2O4. The van der Waals surface area contributed by atoms with Gasteiger partial charge in [-0.25, -0.2) is 5.06 Å². The number of hydrogen-bond acceptors (Lipinski definition) is 5. The lowest BCUT2D eigenvalue weighted by Crippen LogP contribution is -2.37. The molecule has 0 N–H and O–H groups in total. The van der Waals surface area contributed by atoms with Crippen LogP contribution in [0.1, 0.15) is 17.2 Å². The number of hydroxylamine groups is 1. The fourth-order valence-corrected chi connectivity index (χ4v) is 4.42. The molecule has 0 spiro atoms. The zero-order chi connectivity index (χ0) is 21.4. The number of fused-ring (bicyclic) bond motifs is 1. The number of benzene rings is 3. The Bertz CT molecular complexity index is 1100. The molecule has 5 rings (SSSR count). The molecule has 3 unspecified atom stereocenters. The van der Waals surface area contributed by atoms with Crippen molar-refractivity contribution >= 4 is 17.5 Å². The molecule has 3 aromatic rings. The molecule has 2 aliphatic heterocycles. The van der Waals surface area contributed by atoms with Gasteiger partial charge in [-0.2, -0.15) is 0 Å². The van der Waals surface area contributed by atoms with Crippen LogP contribution < -0.4 is 9.80 Å². The van der Waals surface area contributed by atoms with E-state index in [2.05, 4.69) is 0 Å². The van der Waals surface area contributed by atoms with Crippen LogP contribution in [0, 0.1) is 5.92 Å². The van der Waals surface area contributed by atoms with Gasteiger partial charge in [0.15, 0.2) is 6.10 Å². The van der Waals surface area contributed by atoms with Gasteiger partial charge < -0.3 is 4.74 Å². The van der Waals surface area contributed by atoms with Crippen LogP contribution in [0.15, 0.2) is 84.9 Å². The molecule has 6 nitrogen and oxygen atoms in total. The summed E-state index contributed by atoms with van der Waals surface area (Å²) in [6.07, 6.45) is -0.869. The monoisotopic (exact) mass is 414 g/mol. The molecule has 2 aliphatic rings. The van der Waals surface area contributed by atoms with Crippen LogP contribution in [0.3, 0.4) is 0 Å². The Morgan fingerprint density at radius 2 is 1.48 bits per heavy atom. The number of carbonyl (C=O) groups excluding carboxylic acids is 2. The number of anilines is 1. The van der Waals surface area contributed by atoms with Crippen molar-refractivity contribution in [3.05, 3.63) is 96.1 Å². The molecule has 2 heterocycles. The van der Waals surface area contributed by atoms with Crippen molar-refractivity contribution in [1.29, 1.82) is 0 Å². The Hall–Kier alpha value is -3.64. The standard InChI is InChI=1S/C25H22N2O4/c1-30-20-15-9-8-14-19(20)22-21-23(31-27(22)18-12-6-3-7-13-18)25(29)26(24(21)28)16-17-10-4-2-5-11-17/h2-15,21-23H,16H2,1H3. The minimum absolute atomic E-state index is 0.229. The fraction of sp³-hybridized carbons (Fsp3) is 0.200. The van der Waals surface area contributed by atoms with Gasteiger partial charge in [-0.05, 0) is 23.8 Å². The van der Waals surface area contributed by atoms with Crippen LogP contribution in [-0.2, 0) is 21.0 Å². The second-order valence-electron chi connectivity index (χ2n) is 7.65. The third kappa shape index (κ3) is 3.25. The number of ether oxygens (including phenoxy) is 1. The Morgan fingerprint density at radius 3 is 2.19 bits per heavy atom. The highest BCUT2D eigenvalue weighted by molar-refractivity contribution is 6.07. The van der Waals surface area contributed by atoms with Crippen LogP contribution in [0.2, 0.25) is 0 Å². The number of amides is 2. The number of para-hydroxylation sites is 2. The number of hydrogen-bond donors (Lipinski definition) is 0. The molecule has 3 atom stereocenters. The average molecular weight is 414 g/mol. The first kappa shape index (κ1) is 19.3. The summed E-state index contributed by atoms with van der Waals surface area (Å²) >= 11 is 0. The molecule has 31 heavy (non-hydrogen) atoms. The van der Waals surface area contributed by atoms with Gasteiger partial charge in [-0.3, -0.25) is 19.3 Å². The van der Waals surface area contributed by atoms with Crippen molar-refractivity contribution in [2.75, 3.05) is 12.2 Å². The summed E-state index contributed by atoms with van der Waals surface area (Å²) in [6, 6.07) is 26.1. The predicted octanol–water partition coefficient (Wildman–Crippen LogP) is 3.74. The number of likely N-dealkylation sites (tertiary alicyclic amines) is 1. The molecule has 2 fully saturated rings. The lowest BCUT2D eigenvalue weighted by Gasteiger charge is -2.29. The van der Waals surface area contributed by atoms with Gasteiger partial charge >= 0.3 is 0 Å². The number of methoxy groups -OCH3 is 1. The normalized spacial score (nSPS) is 22.7. The molecule has 3 aromatic carbocycles. The summed E-state index contributed by atoms with van der Waals surface area (Å²) in [5.74, 6) is -0.544. The van der Waals surface area contributed by atoms with Crippen molar-refractivity contribution in [2.45, 2.75) is 18.7 Å². The van der Waals surface area contributed by atoms with Gasteiger partial charge in [0.25, 0.3) is 5.91 Å². The van der Waals surface area contributed by atoms with E-state index < -0.39 is 18.1 Å². The Morgan fingerprint density at radius 1 is 0.839 bits per heavy atom. The second-order valence-corrected chi connectivity index (χ2v) is 7.65. The zero-order valence-corrected chi connectivity index (χ0v) is 17.0. The summed E-state index contributed by atoms with van der Waals surface area (Å²) in [6.45, 7) is 0.235. The highest BCUT2D eigenvalue weighted by Gasteiger charge is 2.60.